The Balaban J connectivity index is 1.41. The molecular weight excluding hydrogens is 322 g/mol. The number of nitrogens with one attached hydrogen (secondary N) is 2. The Bertz CT molecular complexity index is 727. The van der Waals surface area contributed by atoms with Gasteiger partial charge >= 0.3 is 6.03 Å². The fourth-order valence-corrected chi connectivity index (χ4v) is 3.97. The number of ether oxygens (including phenoxy) is 1. The van der Waals surface area contributed by atoms with Crippen LogP contribution in [0.15, 0.2) is 24.3 Å². The van der Waals surface area contributed by atoms with Gasteiger partial charge in [0.2, 0.25) is 5.91 Å². The van der Waals surface area contributed by atoms with Crippen molar-refractivity contribution in [1.29, 1.82) is 0 Å². The first kappa shape index (κ1) is 16.1. The minimum atomic E-state index is -0.893. The van der Waals surface area contributed by atoms with Crippen molar-refractivity contribution in [1.82, 2.24) is 15.5 Å². The highest BCUT2D eigenvalue weighted by Crippen LogP contribution is 2.31. The molecule has 0 unspecified atom stereocenters. The van der Waals surface area contributed by atoms with Crippen LogP contribution in [0, 0.1) is 0 Å². The molecule has 7 heteroatoms. The Kier molecular flexibility index (Phi) is 3.95. The monoisotopic (exact) mass is 343 g/mol. The summed E-state index contributed by atoms with van der Waals surface area (Å²) < 4.78 is 5.28. The van der Waals surface area contributed by atoms with Crippen molar-refractivity contribution in [3.05, 3.63) is 35.4 Å². The molecule has 1 spiro atoms. The molecule has 132 valence electrons. The smallest absolute Gasteiger partial charge is 0.325 e. The lowest BCUT2D eigenvalue weighted by Crippen LogP contribution is -2.51. The molecule has 1 aromatic carbocycles. The van der Waals surface area contributed by atoms with Gasteiger partial charge in [0.15, 0.2) is 0 Å². The summed E-state index contributed by atoms with van der Waals surface area (Å²) >= 11 is 0. The Labute approximate surface area is 145 Å². The average molecular weight is 343 g/mol. The number of hydrogen-bond donors (Lipinski definition) is 2. The van der Waals surface area contributed by atoms with Crippen LogP contribution in [0.1, 0.15) is 36.4 Å². The third-order valence-electron chi connectivity index (χ3n) is 5.36. The van der Waals surface area contributed by atoms with E-state index in [9.17, 15) is 14.4 Å². The number of amides is 4. The first-order valence-electron chi connectivity index (χ1n) is 8.68. The van der Waals surface area contributed by atoms with E-state index in [4.69, 9.17) is 4.74 Å². The normalized spacial score (nSPS) is 24.3. The number of carbonyl (C=O) groups is 3. The average Bonchev–Trinajstić information content (AvgIpc) is 3.11. The zero-order chi connectivity index (χ0) is 17.4. The van der Waals surface area contributed by atoms with Crippen LogP contribution in [0.3, 0.4) is 0 Å². The second-order valence-electron chi connectivity index (χ2n) is 6.87. The standard InChI is InChI=1S/C18H21N3O4/c22-15(19-14-6-5-12-3-1-2-4-13(12)14)11-21-16(23)18(20-17(21)24)7-9-25-10-8-18/h1-4,14H,5-11H2,(H,19,22)(H,20,24)/t14-/m0/s1. The minimum absolute atomic E-state index is 0.0542. The zero-order valence-corrected chi connectivity index (χ0v) is 13.9. The summed E-state index contributed by atoms with van der Waals surface area (Å²) in [6.07, 6.45) is 2.66. The number of nitrogens with zero attached hydrogens (tertiary/aromatic N) is 1. The van der Waals surface area contributed by atoms with E-state index in [0.29, 0.717) is 26.1 Å². The third kappa shape index (κ3) is 2.78. The summed E-state index contributed by atoms with van der Waals surface area (Å²) in [5.41, 5.74) is 1.47. The van der Waals surface area contributed by atoms with Crippen molar-refractivity contribution >= 4 is 17.8 Å². The predicted molar refractivity (Wildman–Crippen MR) is 88.7 cm³/mol. The largest absolute Gasteiger partial charge is 0.381 e. The molecule has 25 heavy (non-hydrogen) atoms. The van der Waals surface area contributed by atoms with Crippen LogP contribution in [0.2, 0.25) is 0 Å². The SMILES string of the molecule is O=C(CN1C(=O)NC2(CCOCC2)C1=O)N[C@H]1CCc2ccccc21. The van der Waals surface area contributed by atoms with Gasteiger partial charge in [-0.25, -0.2) is 4.79 Å². The zero-order valence-electron chi connectivity index (χ0n) is 13.9. The van der Waals surface area contributed by atoms with Gasteiger partial charge in [0.25, 0.3) is 5.91 Å². The maximum Gasteiger partial charge on any atom is 0.325 e. The maximum atomic E-state index is 12.7. The van der Waals surface area contributed by atoms with Gasteiger partial charge in [0.05, 0.1) is 6.04 Å². The van der Waals surface area contributed by atoms with Gasteiger partial charge < -0.3 is 15.4 Å². The van der Waals surface area contributed by atoms with E-state index in [1.807, 2.05) is 18.2 Å². The molecule has 1 aliphatic carbocycles. The highest BCUT2D eigenvalue weighted by molar-refractivity contribution is 6.09. The first-order valence-corrected chi connectivity index (χ1v) is 8.68. The molecule has 2 aliphatic heterocycles. The Morgan fingerprint density at radius 2 is 2.04 bits per heavy atom. The summed E-state index contributed by atoms with van der Waals surface area (Å²) in [6.45, 7) is 0.627. The quantitative estimate of drug-likeness (QED) is 0.798. The number of aryl methyl sites for hydroxylation is 1. The molecule has 7 nitrogen and oxygen atoms in total. The summed E-state index contributed by atoms with van der Waals surface area (Å²) in [4.78, 5) is 38.3. The van der Waals surface area contributed by atoms with Crippen LogP contribution in [0.5, 0.6) is 0 Å². The predicted octanol–water partition coefficient (Wildman–Crippen LogP) is 0.891. The van der Waals surface area contributed by atoms with Gasteiger partial charge in [0.1, 0.15) is 12.1 Å². The minimum Gasteiger partial charge on any atom is -0.381 e. The lowest BCUT2D eigenvalue weighted by Gasteiger charge is -2.30. The van der Waals surface area contributed by atoms with Gasteiger partial charge in [-0.3, -0.25) is 14.5 Å². The van der Waals surface area contributed by atoms with E-state index in [-0.39, 0.29) is 24.4 Å². The van der Waals surface area contributed by atoms with Gasteiger partial charge in [-0.05, 0) is 24.0 Å². The lowest BCUT2D eigenvalue weighted by molar-refractivity contribution is -0.137. The van der Waals surface area contributed by atoms with E-state index < -0.39 is 11.6 Å². The molecule has 1 atom stereocenters. The summed E-state index contributed by atoms with van der Waals surface area (Å²) in [6, 6.07) is 7.47. The van der Waals surface area contributed by atoms with Crippen molar-refractivity contribution in [2.45, 2.75) is 37.3 Å². The topological polar surface area (TPSA) is 87.7 Å². The molecular formula is C18H21N3O4. The fourth-order valence-electron chi connectivity index (χ4n) is 3.97. The Hall–Kier alpha value is -2.41. The van der Waals surface area contributed by atoms with Gasteiger partial charge in [-0.15, -0.1) is 0 Å². The number of urea groups is 1. The first-order chi connectivity index (χ1) is 12.1. The van der Waals surface area contributed by atoms with Crippen LogP contribution in [0.4, 0.5) is 4.79 Å². The number of imide groups is 1. The van der Waals surface area contributed by atoms with E-state index in [1.165, 1.54) is 5.56 Å². The van der Waals surface area contributed by atoms with Crippen LogP contribution < -0.4 is 10.6 Å². The van der Waals surface area contributed by atoms with Crippen molar-refractivity contribution in [3.63, 3.8) is 0 Å². The molecule has 2 N–H and O–H groups in total. The van der Waals surface area contributed by atoms with Crippen molar-refractivity contribution in [3.8, 4) is 0 Å². The number of carbonyl (C=O) groups excluding carboxylic acids is 3. The maximum absolute atomic E-state index is 12.7. The van der Waals surface area contributed by atoms with Crippen LogP contribution >= 0.6 is 0 Å². The Morgan fingerprint density at radius 1 is 1.28 bits per heavy atom. The van der Waals surface area contributed by atoms with Crippen LogP contribution in [0.25, 0.3) is 0 Å². The number of rotatable bonds is 3. The van der Waals surface area contributed by atoms with Gasteiger partial charge in [-0.1, -0.05) is 24.3 Å². The van der Waals surface area contributed by atoms with E-state index >= 15 is 0 Å². The third-order valence-corrected chi connectivity index (χ3v) is 5.36. The van der Waals surface area contributed by atoms with Crippen LogP contribution in [-0.4, -0.2) is 48.0 Å². The van der Waals surface area contributed by atoms with E-state index in [0.717, 1.165) is 23.3 Å². The number of benzene rings is 1. The summed E-state index contributed by atoms with van der Waals surface area (Å²) in [5.74, 6) is -0.628. The fraction of sp³-hybridized carbons (Fsp3) is 0.500. The van der Waals surface area contributed by atoms with Crippen molar-refractivity contribution in [2.75, 3.05) is 19.8 Å². The Morgan fingerprint density at radius 3 is 2.84 bits per heavy atom. The molecule has 4 amide bonds. The molecule has 3 aliphatic rings. The molecule has 0 bridgehead atoms. The lowest BCUT2D eigenvalue weighted by atomic mass is 9.90. The molecule has 0 radical (unpaired) electrons. The molecule has 1 aromatic rings. The molecule has 4 rings (SSSR count). The van der Waals surface area contributed by atoms with Crippen molar-refractivity contribution in [2.24, 2.45) is 0 Å². The summed E-state index contributed by atoms with van der Waals surface area (Å²) in [5, 5.41) is 5.72. The number of fused-ring (bicyclic) bond motifs is 1. The molecule has 2 fully saturated rings. The molecule has 2 saturated heterocycles. The molecule has 0 saturated carbocycles. The van der Waals surface area contributed by atoms with Gasteiger partial charge in [0, 0.05) is 26.1 Å². The van der Waals surface area contributed by atoms with Crippen molar-refractivity contribution < 1.29 is 19.1 Å². The second-order valence-corrected chi connectivity index (χ2v) is 6.87. The summed E-state index contributed by atoms with van der Waals surface area (Å²) in [7, 11) is 0. The second kappa shape index (κ2) is 6.15. The highest BCUT2D eigenvalue weighted by Gasteiger charge is 2.52. The van der Waals surface area contributed by atoms with Gasteiger partial charge in [-0.2, -0.15) is 0 Å². The van der Waals surface area contributed by atoms with Crippen LogP contribution in [-0.2, 0) is 20.7 Å². The molecule has 0 aromatic heterocycles. The number of hydrogen-bond acceptors (Lipinski definition) is 4. The van der Waals surface area contributed by atoms with E-state index in [1.54, 1.807) is 0 Å². The van der Waals surface area contributed by atoms with E-state index in [2.05, 4.69) is 16.7 Å². The molecule has 2 heterocycles. The highest BCUT2D eigenvalue weighted by atomic mass is 16.5.